The van der Waals surface area contributed by atoms with Gasteiger partial charge in [-0.1, -0.05) is 6.07 Å². The van der Waals surface area contributed by atoms with E-state index in [1.165, 1.54) is 19.8 Å². The largest absolute Gasteiger partial charge is 0.493 e. The summed E-state index contributed by atoms with van der Waals surface area (Å²) in [6, 6.07) is 8.66. The second kappa shape index (κ2) is 7.07. The molecule has 0 aliphatic carbocycles. The number of benzene rings is 1. The third-order valence-corrected chi connectivity index (χ3v) is 5.86. The Kier molecular flexibility index (Phi) is 5.66. The van der Waals surface area contributed by atoms with Crippen LogP contribution in [0, 0.1) is 6.92 Å². The van der Waals surface area contributed by atoms with Gasteiger partial charge in [0, 0.05) is 4.88 Å². The van der Waals surface area contributed by atoms with E-state index in [-0.39, 0.29) is 6.04 Å². The lowest BCUT2D eigenvalue weighted by Gasteiger charge is -2.16. The number of ether oxygens (including phenoxy) is 1. The number of aryl methyl sites for hydroxylation is 1. The summed E-state index contributed by atoms with van der Waals surface area (Å²) in [5, 5.41) is 3.38. The summed E-state index contributed by atoms with van der Waals surface area (Å²) in [5.41, 5.74) is 2.49. The number of nitrogens with one attached hydrogen (secondary N) is 1. The Labute approximate surface area is 140 Å². The first-order valence-corrected chi connectivity index (χ1v) is 8.82. The van der Waals surface area contributed by atoms with Gasteiger partial charge in [0.25, 0.3) is 0 Å². The molecule has 0 aliphatic heterocycles. The van der Waals surface area contributed by atoms with E-state index in [2.05, 4.69) is 62.3 Å². The predicted octanol–water partition coefficient (Wildman–Crippen LogP) is 5.29. The molecular weight excluding hydrogens is 402 g/mol. The average molecular weight is 419 g/mol. The van der Waals surface area contributed by atoms with Crippen molar-refractivity contribution < 1.29 is 4.74 Å². The lowest BCUT2D eigenvalue weighted by molar-refractivity contribution is 0.338. The Morgan fingerprint density at radius 2 is 2.05 bits per heavy atom. The Morgan fingerprint density at radius 3 is 2.55 bits per heavy atom. The molecule has 0 aliphatic rings. The molecule has 0 fully saturated rings. The van der Waals surface area contributed by atoms with Crippen LogP contribution in [0.5, 0.6) is 5.75 Å². The number of rotatable bonds is 5. The zero-order chi connectivity index (χ0) is 14.7. The summed E-state index contributed by atoms with van der Waals surface area (Å²) < 4.78 is 7.74. The molecule has 20 heavy (non-hydrogen) atoms. The highest BCUT2D eigenvalue weighted by Gasteiger charge is 2.17. The first kappa shape index (κ1) is 16.0. The highest BCUT2D eigenvalue weighted by atomic mass is 79.9. The van der Waals surface area contributed by atoms with Gasteiger partial charge in [0.2, 0.25) is 0 Å². The van der Waals surface area contributed by atoms with Crippen LogP contribution in [0.3, 0.4) is 0 Å². The molecule has 1 aromatic heterocycles. The van der Waals surface area contributed by atoms with Gasteiger partial charge in [-0.3, -0.25) is 0 Å². The molecule has 108 valence electrons. The van der Waals surface area contributed by atoms with E-state index < -0.39 is 0 Å². The monoisotopic (exact) mass is 417 g/mol. The normalized spacial score (nSPS) is 12.4. The van der Waals surface area contributed by atoms with Crippen molar-refractivity contribution >= 4 is 43.2 Å². The second-order valence-electron chi connectivity index (χ2n) is 4.45. The number of hydrogen-bond acceptors (Lipinski definition) is 3. The van der Waals surface area contributed by atoms with Crippen molar-refractivity contribution in [1.82, 2.24) is 5.32 Å². The predicted molar refractivity (Wildman–Crippen MR) is 93.0 cm³/mol. The Hall–Kier alpha value is -0.360. The van der Waals surface area contributed by atoms with Gasteiger partial charge in [-0.15, -0.1) is 11.3 Å². The lowest BCUT2D eigenvalue weighted by Crippen LogP contribution is -2.16. The second-order valence-corrected chi connectivity index (χ2v) is 7.71. The van der Waals surface area contributed by atoms with Gasteiger partial charge in [0.15, 0.2) is 0 Å². The van der Waals surface area contributed by atoms with Gasteiger partial charge >= 0.3 is 0 Å². The summed E-state index contributed by atoms with van der Waals surface area (Å²) >= 11 is 8.94. The van der Waals surface area contributed by atoms with Crippen molar-refractivity contribution in [2.45, 2.75) is 19.9 Å². The molecule has 1 aromatic carbocycles. The van der Waals surface area contributed by atoms with E-state index in [9.17, 15) is 0 Å². The molecule has 2 aromatic rings. The lowest BCUT2D eigenvalue weighted by atomic mass is 10.0. The van der Waals surface area contributed by atoms with E-state index in [0.717, 1.165) is 10.2 Å². The summed E-state index contributed by atoms with van der Waals surface area (Å²) in [6.07, 6.45) is 0. The fraction of sp³-hybridized carbons (Fsp3) is 0.333. The van der Waals surface area contributed by atoms with Crippen molar-refractivity contribution in [3.8, 4) is 5.75 Å². The standard InChI is InChI=1S/C15H17Br2NOS/c1-4-19-12-6-5-10(8-11(12)16)14(18-3)13-7-9(2)15(17)20-13/h5-8,14,18H,4H2,1-3H3. The van der Waals surface area contributed by atoms with Gasteiger partial charge in [0.05, 0.1) is 20.9 Å². The third kappa shape index (κ3) is 3.45. The molecule has 0 radical (unpaired) electrons. The van der Waals surface area contributed by atoms with Crippen molar-refractivity contribution in [2.24, 2.45) is 0 Å². The highest BCUT2D eigenvalue weighted by Crippen LogP contribution is 2.36. The number of hydrogen-bond donors (Lipinski definition) is 1. The topological polar surface area (TPSA) is 21.3 Å². The molecule has 0 saturated carbocycles. The maximum absolute atomic E-state index is 5.56. The van der Waals surface area contributed by atoms with Crippen LogP contribution in [0.2, 0.25) is 0 Å². The Bertz CT molecular complexity index is 578. The fourth-order valence-corrected chi connectivity index (χ4v) is 4.29. The minimum absolute atomic E-state index is 0.192. The fourth-order valence-electron chi connectivity index (χ4n) is 2.07. The molecule has 1 N–H and O–H groups in total. The van der Waals surface area contributed by atoms with Crippen molar-refractivity contribution in [1.29, 1.82) is 0 Å². The minimum atomic E-state index is 0.192. The van der Waals surface area contributed by atoms with Crippen LogP contribution in [0.15, 0.2) is 32.5 Å². The first-order chi connectivity index (χ1) is 9.56. The van der Waals surface area contributed by atoms with Crippen molar-refractivity contribution in [3.63, 3.8) is 0 Å². The van der Waals surface area contributed by atoms with E-state index >= 15 is 0 Å². The third-order valence-electron chi connectivity index (χ3n) is 3.04. The Morgan fingerprint density at radius 1 is 1.30 bits per heavy atom. The van der Waals surface area contributed by atoms with Crippen LogP contribution in [-0.2, 0) is 0 Å². The average Bonchev–Trinajstić information content (AvgIpc) is 2.73. The number of thiophene rings is 1. The van der Waals surface area contributed by atoms with E-state index in [1.807, 2.05) is 20.0 Å². The molecule has 1 atom stereocenters. The minimum Gasteiger partial charge on any atom is -0.493 e. The Balaban J connectivity index is 2.34. The molecular formula is C15H17Br2NOS. The van der Waals surface area contributed by atoms with Gasteiger partial charge in [0.1, 0.15) is 5.75 Å². The van der Waals surface area contributed by atoms with Crippen molar-refractivity contribution in [3.05, 3.63) is 48.5 Å². The molecule has 1 heterocycles. The first-order valence-electron chi connectivity index (χ1n) is 6.42. The summed E-state index contributed by atoms with van der Waals surface area (Å²) in [4.78, 5) is 1.30. The van der Waals surface area contributed by atoms with Gasteiger partial charge in [-0.2, -0.15) is 0 Å². The molecule has 0 amide bonds. The van der Waals surface area contributed by atoms with Crippen molar-refractivity contribution in [2.75, 3.05) is 13.7 Å². The maximum Gasteiger partial charge on any atom is 0.133 e. The van der Waals surface area contributed by atoms with Crippen LogP contribution in [0.25, 0.3) is 0 Å². The summed E-state index contributed by atoms with van der Waals surface area (Å²) in [7, 11) is 1.98. The number of halogens is 2. The van der Waals surface area contributed by atoms with Crippen LogP contribution in [0.4, 0.5) is 0 Å². The SMILES string of the molecule is CCOc1ccc(C(NC)c2cc(C)c(Br)s2)cc1Br. The molecule has 0 bridgehead atoms. The maximum atomic E-state index is 5.56. The van der Waals surface area contributed by atoms with E-state index in [0.29, 0.717) is 6.61 Å². The summed E-state index contributed by atoms with van der Waals surface area (Å²) in [5.74, 6) is 0.884. The van der Waals surface area contributed by atoms with Crippen LogP contribution in [0.1, 0.15) is 29.0 Å². The zero-order valence-electron chi connectivity index (χ0n) is 11.7. The van der Waals surface area contributed by atoms with Crippen LogP contribution in [-0.4, -0.2) is 13.7 Å². The smallest absolute Gasteiger partial charge is 0.133 e. The molecule has 1 unspecified atom stereocenters. The quantitative estimate of drug-likeness (QED) is 0.712. The molecule has 2 rings (SSSR count). The van der Waals surface area contributed by atoms with E-state index in [1.54, 1.807) is 11.3 Å². The van der Waals surface area contributed by atoms with Gasteiger partial charge in [-0.25, -0.2) is 0 Å². The van der Waals surface area contributed by atoms with Gasteiger partial charge < -0.3 is 10.1 Å². The van der Waals surface area contributed by atoms with Gasteiger partial charge in [-0.05, 0) is 82.1 Å². The molecule has 5 heteroatoms. The zero-order valence-corrected chi connectivity index (χ0v) is 15.7. The van der Waals surface area contributed by atoms with E-state index in [4.69, 9.17) is 4.74 Å². The van der Waals surface area contributed by atoms with Crippen LogP contribution >= 0.6 is 43.2 Å². The highest BCUT2D eigenvalue weighted by molar-refractivity contribution is 9.11. The molecule has 2 nitrogen and oxygen atoms in total. The molecule has 0 saturated heterocycles. The molecule has 0 spiro atoms. The summed E-state index contributed by atoms with van der Waals surface area (Å²) in [6.45, 7) is 4.78. The van der Waals surface area contributed by atoms with Crippen LogP contribution < -0.4 is 10.1 Å².